The maximum absolute atomic E-state index is 11.7. The number of benzene rings is 1. The zero-order chi connectivity index (χ0) is 16.3. The molecule has 0 atom stereocenters. The standard InChI is InChI=1S/C16H20ClN3O2/c1-11-5-7-12(8-6-11)20-14(18-15(21)22-10-17)9-13(19-20)16(2,3)4/h5-9H,10H2,1-4H3,(H,18,21). The number of carbonyl (C=O) groups is 1. The number of hydrogen-bond donors (Lipinski definition) is 1. The summed E-state index contributed by atoms with van der Waals surface area (Å²) in [5, 5.41) is 7.28. The van der Waals surface area contributed by atoms with Crippen LogP contribution in [0.25, 0.3) is 5.69 Å². The van der Waals surface area contributed by atoms with Crippen LogP contribution >= 0.6 is 11.6 Å². The molecule has 2 aromatic rings. The van der Waals surface area contributed by atoms with Gasteiger partial charge in [-0.2, -0.15) is 5.10 Å². The number of aromatic nitrogens is 2. The van der Waals surface area contributed by atoms with Gasteiger partial charge in [0.25, 0.3) is 0 Å². The Morgan fingerprint density at radius 3 is 2.50 bits per heavy atom. The van der Waals surface area contributed by atoms with E-state index in [9.17, 15) is 4.79 Å². The Balaban J connectivity index is 2.43. The lowest BCUT2D eigenvalue weighted by Gasteiger charge is -2.14. The van der Waals surface area contributed by atoms with Gasteiger partial charge in [0.2, 0.25) is 0 Å². The summed E-state index contributed by atoms with van der Waals surface area (Å²) in [6.45, 7) is 8.21. The van der Waals surface area contributed by atoms with Gasteiger partial charge in [0, 0.05) is 11.5 Å². The van der Waals surface area contributed by atoms with Crippen LogP contribution in [0, 0.1) is 6.92 Å². The van der Waals surface area contributed by atoms with Crippen molar-refractivity contribution in [1.82, 2.24) is 9.78 Å². The molecule has 0 spiro atoms. The topological polar surface area (TPSA) is 56.2 Å². The number of aryl methyl sites for hydroxylation is 1. The van der Waals surface area contributed by atoms with Gasteiger partial charge in [-0.05, 0) is 19.1 Å². The lowest BCUT2D eigenvalue weighted by atomic mass is 9.92. The molecule has 0 radical (unpaired) electrons. The van der Waals surface area contributed by atoms with Crippen molar-refractivity contribution < 1.29 is 9.53 Å². The number of nitrogens with one attached hydrogen (secondary N) is 1. The Kier molecular flexibility index (Phi) is 4.76. The number of amides is 1. The van der Waals surface area contributed by atoms with E-state index >= 15 is 0 Å². The zero-order valence-corrected chi connectivity index (χ0v) is 13.9. The van der Waals surface area contributed by atoms with Gasteiger partial charge in [-0.1, -0.05) is 50.1 Å². The van der Waals surface area contributed by atoms with Gasteiger partial charge in [-0.15, -0.1) is 0 Å². The average molecular weight is 322 g/mol. The molecule has 6 heteroatoms. The second-order valence-electron chi connectivity index (χ2n) is 6.08. The number of rotatable bonds is 3. The monoisotopic (exact) mass is 321 g/mol. The molecule has 0 aliphatic heterocycles. The van der Waals surface area contributed by atoms with Gasteiger partial charge in [-0.25, -0.2) is 9.48 Å². The third-order valence-corrected chi connectivity index (χ3v) is 3.28. The summed E-state index contributed by atoms with van der Waals surface area (Å²) in [4.78, 5) is 11.7. The molecule has 0 saturated heterocycles. The molecule has 1 heterocycles. The third-order valence-electron chi connectivity index (χ3n) is 3.17. The van der Waals surface area contributed by atoms with E-state index in [4.69, 9.17) is 16.3 Å². The van der Waals surface area contributed by atoms with Crippen LogP contribution in [0.4, 0.5) is 10.6 Å². The Labute approximate surface area is 135 Å². The summed E-state index contributed by atoms with van der Waals surface area (Å²) >= 11 is 5.41. The van der Waals surface area contributed by atoms with Crippen LogP contribution in [-0.4, -0.2) is 21.9 Å². The van der Waals surface area contributed by atoms with Crippen molar-refractivity contribution >= 4 is 23.5 Å². The highest BCUT2D eigenvalue weighted by Gasteiger charge is 2.21. The lowest BCUT2D eigenvalue weighted by molar-refractivity contribution is 0.180. The summed E-state index contributed by atoms with van der Waals surface area (Å²) in [7, 11) is 0. The second-order valence-corrected chi connectivity index (χ2v) is 6.30. The van der Waals surface area contributed by atoms with Gasteiger partial charge >= 0.3 is 6.09 Å². The van der Waals surface area contributed by atoms with Gasteiger partial charge in [-0.3, -0.25) is 5.32 Å². The van der Waals surface area contributed by atoms with Crippen LogP contribution in [0.5, 0.6) is 0 Å². The molecule has 5 nitrogen and oxygen atoms in total. The molecule has 1 aromatic carbocycles. The first kappa shape index (κ1) is 16.4. The summed E-state index contributed by atoms with van der Waals surface area (Å²) in [6, 6.07) is 9.54. The van der Waals surface area contributed by atoms with E-state index in [1.165, 1.54) is 0 Å². The highest BCUT2D eigenvalue weighted by Crippen LogP contribution is 2.26. The second kappa shape index (κ2) is 6.40. The van der Waals surface area contributed by atoms with Crippen molar-refractivity contribution in [2.45, 2.75) is 33.1 Å². The SMILES string of the molecule is Cc1ccc(-n2nc(C(C)(C)C)cc2NC(=O)OCCl)cc1. The van der Waals surface area contributed by atoms with E-state index in [0.717, 1.165) is 16.9 Å². The maximum Gasteiger partial charge on any atom is 0.414 e. The van der Waals surface area contributed by atoms with Crippen molar-refractivity contribution in [2.75, 3.05) is 11.4 Å². The Morgan fingerprint density at radius 1 is 1.32 bits per heavy atom. The Hall–Kier alpha value is -2.01. The van der Waals surface area contributed by atoms with Crippen LogP contribution in [0.3, 0.4) is 0 Å². The fraction of sp³-hybridized carbons (Fsp3) is 0.375. The van der Waals surface area contributed by atoms with Crippen molar-refractivity contribution in [3.05, 3.63) is 41.6 Å². The molecule has 1 amide bonds. The van der Waals surface area contributed by atoms with E-state index in [1.54, 1.807) is 4.68 Å². The van der Waals surface area contributed by atoms with Crippen molar-refractivity contribution in [1.29, 1.82) is 0 Å². The first-order valence-corrected chi connectivity index (χ1v) is 7.52. The normalized spacial score (nSPS) is 11.3. The summed E-state index contributed by atoms with van der Waals surface area (Å²) in [5.74, 6) is 0.545. The highest BCUT2D eigenvalue weighted by molar-refractivity contribution is 6.17. The van der Waals surface area contributed by atoms with Gasteiger partial charge < -0.3 is 4.74 Å². The molecule has 2 rings (SSSR count). The number of carbonyl (C=O) groups excluding carboxylic acids is 1. The summed E-state index contributed by atoms with van der Waals surface area (Å²) in [6.07, 6.45) is -0.608. The van der Waals surface area contributed by atoms with Crippen LogP contribution in [0.2, 0.25) is 0 Å². The number of halogens is 1. The molecule has 0 aliphatic rings. The number of anilines is 1. The van der Waals surface area contributed by atoms with Crippen LogP contribution in [0.15, 0.2) is 30.3 Å². The molecule has 1 aromatic heterocycles. The largest absolute Gasteiger partial charge is 0.433 e. The molecule has 0 fully saturated rings. The van der Waals surface area contributed by atoms with E-state index in [0.29, 0.717) is 5.82 Å². The molecular formula is C16H20ClN3O2. The average Bonchev–Trinajstić information content (AvgIpc) is 2.83. The molecule has 0 aliphatic carbocycles. The molecule has 0 saturated carbocycles. The van der Waals surface area contributed by atoms with E-state index in [-0.39, 0.29) is 11.5 Å². The minimum absolute atomic E-state index is 0.136. The van der Waals surface area contributed by atoms with Gasteiger partial charge in [0.05, 0.1) is 11.4 Å². The smallest absolute Gasteiger partial charge is 0.414 e. The Bertz CT molecular complexity index is 657. The molecule has 1 N–H and O–H groups in total. The highest BCUT2D eigenvalue weighted by atomic mass is 35.5. The predicted octanol–water partition coefficient (Wildman–Crippen LogP) is 4.22. The van der Waals surface area contributed by atoms with Crippen molar-refractivity contribution in [2.24, 2.45) is 0 Å². The minimum atomic E-state index is -0.608. The van der Waals surface area contributed by atoms with E-state index in [2.05, 4.69) is 31.2 Å². The number of nitrogens with zero attached hydrogens (tertiary/aromatic N) is 2. The molecule has 0 bridgehead atoms. The first-order chi connectivity index (χ1) is 10.3. The fourth-order valence-electron chi connectivity index (χ4n) is 1.91. The molecular weight excluding hydrogens is 302 g/mol. The Morgan fingerprint density at radius 2 is 1.95 bits per heavy atom. The van der Waals surface area contributed by atoms with Gasteiger partial charge in [0.1, 0.15) is 5.82 Å². The quantitative estimate of drug-likeness (QED) is 0.861. The summed E-state index contributed by atoms with van der Waals surface area (Å²) < 4.78 is 6.41. The van der Waals surface area contributed by atoms with E-state index in [1.807, 2.05) is 37.3 Å². The number of alkyl halides is 1. The van der Waals surface area contributed by atoms with Gasteiger partial charge in [0.15, 0.2) is 6.07 Å². The third kappa shape index (κ3) is 3.80. The van der Waals surface area contributed by atoms with Crippen LogP contribution in [0.1, 0.15) is 32.0 Å². The van der Waals surface area contributed by atoms with Crippen molar-refractivity contribution in [3.63, 3.8) is 0 Å². The zero-order valence-electron chi connectivity index (χ0n) is 13.2. The number of ether oxygens (including phenoxy) is 1. The fourth-order valence-corrected chi connectivity index (χ4v) is 2.01. The lowest BCUT2D eigenvalue weighted by Crippen LogP contribution is -2.15. The molecule has 118 valence electrons. The predicted molar refractivity (Wildman–Crippen MR) is 87.8 cm³/mol. The van der Waals surface area contributed by atoms with Crippen molar-refractivity contribution in [3.8, 4) is 5.69 Å². The molecule has 0 unspecified atom stereocenters. The number of hydrogen-bond acceptors (Lipinski definition) is 3. The van der Waals surface area contributed by atoms with E-state index < -0.39 is 6.09 Å². The minimum Gasteiger partial charge on any atom is -0.433 e. The molecule has 22 heavy (non-hydrogen) atoms. The van der Waals surface area contributed by atoms with Crippen LogP contribution in [-0.2, 0) is 10.2 Å². The first-order valence-electron chi connectivity index (χ1n) is 6.98. The summed E-state index contributed by atoms with van der Waals surface area (Å²) in [5.41, 5.74) is 2.75. The van der Waals surface area contributed by atoms with Crippen LogP contribution < -0.4 is 5.32 Å². The maximum atomic E-state index is 11.7.